The Balaban J connectivity index is 2.29. The van der Waals surface area contributed by atoms with Gasteiger partial charge >= 0.3 is 0 Å². The minimum atomic E-state index is 0.387. The minimum absolute atomic E-state index is 0.387. The van der Waals surface area contributed by atoms with Crippen molar-refractivity contribution < 1.29 is 0 Å². The average molecular weight is 223 g/mol. The molecule has 1 heterocycles. The molecule has 0 radical (unpaired) electrons. The molecule has 0 aromatic carbocycles. The topological polar surface area (TPSA) is 54.2 Å². The molecule has 1 aromatic heterocycles. The van der Waals surface area contributed by atoms with Crippen LogP contribution in [-0.4, -0.2) is 35.4 Å². The number of aryl methyl sites for hydroxylation is 1. The lowest BCUT2D eigenvalue weighted by Crippen LogP contribution is -2.42. The quantitative estimate of drug-likeness (QED) is 0.585. The summed E-state index contributed by atoms with van der Waals surface area (Å²) in [6.45, 7) is 7.86. The van der Waals surface area contributed by atoms with E-state index in [4.69, 9.17) is 0 Å². The third kappa shape index (κ3) is 4.33. The maximum absolute atomic E-state index is 4.22. The van der Waals surface area contributed by atoms with Crippen molar-refractivity contribution in [2.45, 2.75) is 33.4 Å². The van der Waals surface area contributed by atoms with E-state index < -0.39 is 0 Å². The monoisotopic (exact) mass is 223 g/mol. The summed E-state index contributed by atoms with van der Waals surface area (Å²) in [6.07, 6.45) is 3.89. The maximum Gasteiger partial charge on any atom is 0.191 e. The fourth-order valence-corrected chi connectivity index (χ4v) is 1.35. The van der Waals surface area contributed by atoms with Gasteiger partial charge in [-0.15, -0.1) is 0 Å². The van der Waals surface area contributed by atoms with Crippen LogP contribution in [0.3, 0.4) is 0 Å². The molecule has 0 atom stereocenters. The first-order valence-electron chi connectivity index (χ1n) is 5.58. The van der Waals surface area contributed by atoms with Gasteiger partial charge in [-0.2, -0.15) is 5.10 Å². The van der Waals surface area contributed by atoms with Crippen LogP contribution in [-0.2, 0) is 6.54 Å². The van der Waals surface area contributed by atoms with E-state index >= 15 is 0 Å². The highest BCUT2D eigenvalue weighted by Crippen LogP contribution is 1.92. The van der Waals surface area contributed by atoms with Crippen molar-refractivity contribution in [3.8, 4) is 0 Å². The summed E-state index contributed by atoms with van der Waals surface area (Å²) in [6, 6.07) is 0.387. The molecule has 0 bridgehead atoms. The molecule has 0 unspecified atom stereocenters. The number of guanidine groups is 1. The SMILES string of the molecule is CN=C(NCCn1cc(C)cn1)NC(C)C. The Morgan fingerprint density at radius 2 is 2.31 bits per heavy atom. The molecule has 0 saturated heterocycles. The molecule has 0 aliphatic heterocycles. The molecule has 1 aromatic rings. The zero-order chi connectivity index (χ0) is 12.0. The second-order valence-corrected chi connectivity index (χ2v) is 4.08. The highest BCUT2D eigenvalue weighted by Gasteiger charge is 1.99. The van der Waals surface area contributed by atoms with Gasteiger partial charge in [-0.25, -0.2) is 0 Å². The van der Waals surface area contributed by atoms with Gasteiger partial charge in [0.1, 0.15) is 0 Å². The van der Waals surface area contributed by atoms with Crippen molar-refractivity contribution in [2.75, 3.05) is 13.6 Å². The number of nitrogens with zero attached hydrogens (tertiary/aromatic N) is 3. The second kappa shape index (κ2) is 6.15. The molecule has 0 aliphatic rings. The summed E-state index contributed by atoms with van der Waals surface area (Å²) in [4.78, 5) is 4.13. The summed E-state index contributed by atoms with van der Waals surface area (Å²) in [5, 5.41) is 10.7. The van der Waals surface area contributed by atoms with Gasteiger partial charge in [0.2, 0.25) is 0 Å². The highest BCUT2D eigenvalue weighted by molar-refractivity contribution is 5.79. The normalized spacial score (nSPS) is 11.9. The Kier molecular flexibility index (Phi) is 4.82. The first-order chi connectivity index (χ1) is 7.61. The van der Waals surface area contributed by atoms with Crippen molar-refractivity contribution in [1.82, 2.24) is 20.4 Å². The molecule has 2 N–H and O–H groups in total. The van der Waals surface area contributed by atoms with Crippen LogP contribution in [0.25, 0.3) is 0 Å². The molecule has 1 rings (SSSR count). The summed E-state index contributed by atoms with van der Waals surface area (Å²) >= 11 is 0. The number of aromatic nitrogens is 2. The first-order valence-corrected chi connectivity index (χ1v) is 5.58. The van der Waals surface area contributed by atoms with Crippen molar-refractivity contribution >= 4 is 5.96 Å². The van der Waals surface area contributed by atoms with E-state index in [0.717, 1.165) is 19.0 Å². The van der Waals surface area contributed by atoms with Crippen molar-refractivity contribution in [3.05, 3.63) is 18.0 Å². The molecular weight excluding hydrogens is 202 g/mol. The predicted octanol–water partition coefficient (Wildman–Crippen LogP) is 0.765. The van der Waals surface area contributed by atoms with Gasteiger partial charge in [-0.3, -0.25) is 9.67 Å². The van der Waals surface area contributed by atoms with Gasteiger partial charge in [0.25, 0.3) is 0 Å². The smallest absolute Gasteiger partial charge is 0.191 e. The standard InChI is InChI=1S/C11H21N5/c1-9(2)15-11(12-4)13-5-6-16-8-10(3)7-14-16/h7-9H,5-6H2,1-4H3,(H2,12,13,15). The maximum atomic E-state index is 4.22. The molecule has 0 saturated carbocycles. The largest absolute Gasteiger partial charge is 0.355 e. The molecule has 0 spiro atoms. The lowest BCUT2D eigenvalue weighted by Gasteiger charge is -2.14. The lowest BCUT2D eigenvalue weighted by molar-refractivity contribution is 0.592. The van der Waals surface area contributed by atoms with Crippen LogP contribution in [0.1, 0.15) is 19.4 Å². The van der Waals surface area contributed by atoms with Crippen LogP contribution in [0, 0.1) is 6.92 Å². The van der Waals surface area contributed by atoms with Crippen LogP contribution >= 0.6 is 0 Å². The molecular formula is C11H21N5. The minimum Gasteiger partial charge on any atom is -0.355 e. The van der Waals surface area contributed by atoms with Crippen LogP contribution in [0.5, 0.6) is 0 Å². The molecule has 0 amide bonds. The molecule has 5 heteroatoms. The zero-order valence-corrected chi connectivity index (χ0v) is 10.5. The first kappa shape index (κ1) is 12.5. The Morgan fingerprint density at radius 3 is 2.81 bits per heavy atom. The Hall–Kier alpha value is -1.52. The number of rotatable bonds is 4. The van der Waals surface area contributed by atoms with Gasteiger partial charge in [0.15, 0.2) is 5.96 Å². The van der Waals surface area contributed by atoms with Crippen molar-refractivity contribution in [2.24, 2.45) is 4.99 Å². The van der Waals surface area contributed by atoms with Crippen LogP contribution in [0.15, 0.2) is 17.4 Å². The van der Waals surface area contributed by atoms with Crippen LogP contribution in [0.2, 0.25) is 0 Å². The van der Waals surface area contributed by atoms with E-state index in [-0.39, 0.29) is 0 Å². The second-order valence-electron chi connectivity index (χ2n) is 4.08. The summed E-state index contributed by atoms with van der Waals surface area (Å²) in [5.74, 6) is 0.832. The fourth-order valence-electron chi connectivity index (χ4n) is 1.35. The summed E-state index contributed by atoms with van der Waals surface area (Å²) in [5.41, 5.74) is 1.18. The summed E-state index contributed by atoms with van der Waals surface area (Å²) in [7, 11) is 1.77. The lowest BCUT2D eigenvalue weighted by atomic mass is 10.4. The Morgan fingerprint density at radius 1 is 1.56 bits per heavy atom. The third-order valence-corrected chi connectivity index (χ3v) is 2.04. The number of hydrogen-bond donors (Lipinski definition) is 2. The van der Waals surface area contributed by atoms with E-state index in [0.29, 0.717) is 6.04 Å². The predicted molar refractivity (Wildman–Crippen MR) is 66.6 cm³/mol. The van der Waals surface area contributed by atoms with Crippen molar-refractivity contribution in [1.29, 1.82) is 0 Å². The van der Waals surface area contributed by atoms with E-state index in [1.54, 1.807) is 7.05 Å². The fraction of sp³-hybridized carbons (Fsp3) is 0.636. The molecule has 90 valence electrons. The van der Waals surface area contributed by atoms with Crippen molar-refractivity contribution in [3.63, 3.8) is 0 Å². The van der Waals surface area contributed by atoms with E-state index in [1.165, 1.54) is 5.56 Å². The summed E-state index contributed by atoms with van der Waals surface area (Å²) < 4.78 is 1.92. The Labute approximate surface area is 97.0 Å². The van der Waals surface area contributed by atoms with Crippen LogP contribution in [0.4, 0.5) is 0 Å². The zero-order valence-electron chi connectivity index (χ0n) is 10.5. The molecule has 5 nitrogen and oxygen atoms in total. The number of aliphatic imine (C=N–C) groups is 1. The van der Waals surface area contributed by atoms with Gasteiger partial charge in [-0.05, 0) is 26.3 Å². The molecule has 16 heavy (non-hydrogen) atoms. The molecule has 0 aliphatic carbocycles. The van der Waals surface area contributed by atoms with Gasteiger partial charge in [0, 0.05) is 25.8 Å². The number of hydrogen-bond acceptors (Lipinski definition) is 2. The van der Waals surface area contributed by atoms with Gasteiger partial charge in [0.05, 0.1) is 12.7 Å². The van der Waals surface area contributed by atoms with Gasteiger partial charge < -0.3 is 10.6 Å². The average Bonchev–Trinajstić information content (AvgIpc) is 2.62. The van der Waals surface area contributed by atoms with E-state index in [9.17, 15) is 0 Å². The van der Waals surface area contributed by atoms with E-state index in [2.05, 4.69) is 34.6 Å². The van der Waals surface area contributed by atoms with Gasteiger partial charge in [-0.1, -0.05) is 0 Å². The van der Waals surface area contributed by atoms with Crippen LogP contribution < -0.4 is 10.6 Å². The third-order valence-electron chi connectivity index (χ3n) is 2.04. The molecule has 0 fully saturated rings. The number of nitrogens with one attached hydrogen (secondary N) is 2. The highest BCUT2D eigenvalue weighted by atomic mass is 15.3. The van der Waals surface area contributed by atoms with E-state index in [1.807, 2.05) is 24.0 Å². The Bertz CT molecular complexity index is 340.